The molecule has 1 N–H and O–H groups in total. The molecule has 0 saturated carbocycles. The summed E-state index contributed by atoms with van der Waals surface area (Å²) in [5.74, 6) is -0.174. The number of amides is 2. The van der Waals surface area contributed by atoms with Gasteiger partial charge < -0.3 is 15.0 Å². The number of ether oxygens (including phenoxy) is 1. The molecule has 0 aromatic carbocycles. The number of hydrogen-bond acceptors (Lipinski definition) is 3. The summed E-state index contributed by atoms with van der Waals surface area (Å²) in [6, 6.07) is 0. The summed E-state index contributed by atoms with van der Waals surface area (Å²) in [4.78, 5) is 24.5. The summed E-state index contributed by atoms with van der Waals surface area (Å²) in [6.07, 6.45) is 3.01. The molecule has 1 rings (SSSR count). The van der Waals surface area contributed by atoms with Gasteiger partial charge in [0.2, 0.25) is 11.8 Å². The molecular formula is C12H22N2O3. The Kier molecular flexibility index (Phi) is 5.97. The number of carbonyl (C=O) groups is 2. The molecule has 0 aromatic heterocycles. The molecular weight excluding hydrogens is 220 g/mol. The monoisotopic (exact) mass is 242 g/mol. The van der Waals surface area contributed by atoms with Crippen molar-refractivity contribution < 1.29 is 14.3 Å². The average Bonchev–Trinajstić information content (AvgIpc) is 2.78. The van der Waals surface area contributed by atoms with Crippen LogP contribution in [-0.2, 0) is 14.3 Å². The van der Waals surface area contributed by atoms with Crippen molar-refractivity contribution in [3.8, 4) is 0 Å². The van der Waals surface area contributed by atoms with Crippen LogP contribution < -0.4 is 5.32 Å². The second kappa shape index (κ2) is 7.27. The molecule has 0 aromatic rings. The Morgan fingerprint density at radius 1 is 1.47 bits per heavy atom. The van der Waals surface area contributed by atoms with E-state index in [2.05, 4.69) is 5.32 Å². The van der Waals surface area contributed by atoms with Gasteiger partial charge in [0.1, 0.15) is 0 Å². The molecule has 2 amide bonds. The zero-order chi connectivity index (χ0) is 12.7. The molecule has 1 atom stereocenters. The van der Waals surface area contributed by atoms with Crippen molar-refractivity contribution in [3.63, 3.8) is 0 Å². The van der Waals surface area contributed by atoms with Crippen LogP contribution in [0.5, 0.6) is 0 Å². The van der Waals surface area contributed by atoms with E-state index in [1.54, 1.807) is 4.90 Å². The van der Waals surface area contributed by atoms with Gasteiger partial charge in [-0.25, -0.2) is 0 Å². The van der Waals surface area contributed by atoms with Crippen LogP contribution in [0.15, 0.2) is 0 Å². The predicted molar refractivity (Wildman–Crippen MR) is 64.5 cm³/mol. The summed E-state index contributed by atoms with van der Waals surface area (Å²) < 4.78 is 5.47. The topological polar surface area (TPSA) is 58.6 Å². The second-order valence-electron chi connectivity index (χ2n) is 4.38. The fourth-order valence-electron chi connectivity index (χ4n) is 1.83. The van der Waals surface area contributed by atoms with Gasteiger partial charge in [0, 0.05) is 26.6 Å². The van der Waals surface area contributed by atoms with Gasteiger partial charge in [-0.15, -0.1) is 0 Å². The molecule has 0 radical (unpaired) electrons. The molecule has 1 fully saturated rings. The molecule has 5 heteroatoms. The van der Waals surface area contributed by atoms with Crippen LogP contribution in [0.2, 0.25) is 0 Å². The molecule has 0 spiro atoms. The second-order valence-corrected chi connectivity index (χ2v) is 4.38. The summed E-state index contributed by atoms with van der Waals surface area (Å²) in [5.41, 5.74) is 0. The maximum absolute atomic E-state index is 11.5. The van der Waals surface area contributed by atoms with Crippen molar-refractivity contribution in [3.05, 3.63) is 0 Å². The van der Waals surface area contributed by atoms with E-state index in [9.17, 15) is 9.59 Å². The largest absolute Gasteiger partial charge is 0.376 e. The predicted octanol–water partition coefficient (Wildman–Crippen LogP) is 0.540. The number of hydrogen-bond donors (Lipinski definition) is 1. The van der Waals surface area contributed by atoms with E-state index in [0.717, 1.165) is 25.9 Å². The highest BCUT2D eigenvalue weighted by Gasteiger charge is 2.22. The SMILES string of the molecule is CCCNC(=O)CN(CC1CCCO1)C(C)=O. The first kappa shape index (κ1) is 14.0. The molecule has 5 nitrogen and oxygen atoms in total. The third-order valence-corrected chi connectivity index (χ3v) is 2.80. The first-order chi connectivity index (χ1) is 8.13. The fourth-order valence-corrected chi connectivity index (χ4v) is 1.83. The highest BCUT2D eigenvalue weighted by Crippen LogP contribution is 2.13. The van der Waals surface area contributed by atoms with Gasteiger partial charge in [-0.3, -0.25) is 9.59 Å². The lowest BCUT2D eigenvalue weighted by Crippen LogP contribution is -2.43. The maximum Gasteiger partial charge on any atom is 0.239 e. The molecule has 1 aliphatic heterocycles. The summed E-state index contributed by atoms with van der Waals surface area (Å²) in [5, 5.41) is 2.77. The Balaban J connectivity index is 2.36. The Hall–Kier alpha value is -1.10. The fraction of sp³-hybridized carbons (Fsp3) is 0.833. The molecule has 1 saturated heterocycles. The minimum absolute atomic E-state index is 0.0767. The number of carbonyl (C=O) groups excluding carboxylic acids is 2. The van der Waals surface area contributed by atoms with Crippen LogP contribution in [0, 0.1) is 0 Å². The third kappa shape index (κ3) is 5.17. The molecule has 98 valence electrons. The van der Waals surface area contributed by atoms with E-state index in [1.807, 2.05) is 6.92 Å². The maximum atomic E-state index is 11.5. The minimum atomic E-state index is -0.0972. The highest BCUT2D eigenvalue weighted by molar-refractivity contribution is 5.83. The third-order valence-electron chi connectivity index (χ3n) is 2.80. The van der Waals surface area contributed by atoms with Gasteiger partial charge in [-0.1, -0.05) is 6.92 Å². The lowest BCUT2D eigenvalue weighted by atomic mass is 10.2. The Labute approximate surface area is 102 Å². The van der Waals surface area contributed by atoms with E-state index in [1.165, 1.54) is 6.92 Å². The Bertz CT molecular complexity index is 262. The van der Waals surface area contributed by atoms with Gasteiger partial charge in [-0.05, 0) is 19.3 Å². The van der Waals surface area contributed by atoms with Gasteiger partial charge in [-0.2, -0.15) is 0 Å². The van der Waals surface area contributed by atoms with E-state index in [4.69, 9.17) is 4.74 Å². The Morgan fingerprint density at radius 3 is 2.76 bits per heavy atom. The molecule has 0 aliphatic carbocycles. The van der Waals surface area contributed by atoms with Crippen molar-refractivity contribution in [1.29, 1.82) is 0 Å². The normalized spacial score (nSPS) is 19.1. The minimum Gasteiger partial charge on any atom is -0.376 e. The van der Waals surface area contributed by atoms with Gasteiger partial charge in [0.25, 0.3) is 0 Å². The lowest BCUT2D eigenvalue weighted by Gasteiger charge is -2.23. The molecule has 1 unspecified atom stereocenters. The average molecular weight is 242 g/mol. The Morgan fingerprint density at radius 2 is 2.24 bits per heavy atom. The first-order valence-corrected chi connectivity index (χ1v) is 6.27. The summed E-state index contributed by atoms with van der Waals surface area (Å²) in [7, 11) is 0. The van der Waals surface area contributed by atoms with Gasteiger partial charge in [0.15, 0.2) is 0 Å². The van der Waals surface area contributed by atoms with Gasteiger partial charge in [0.05, 0.1) is 12.6 Å². The van der Waals surface area contributed by atoms with E-state index >= 15 is 0 Å². The number of nitrogens with one attached hydrogen (secondary N) is 1. The zero-order valence-corrected chi connectivity index (χ0v) is 10.7. The highest BCUT2D eigenvalue weighted by atomic mass is 16.5. The van der Waals surface area contributed by atoms with Crippen LogP contribution in [0.4, 0.5) is 0 Å². The lowest BCUT2D eigenvalue weighted by molar-refractivity contribution is -0.135. The van der Waals surface area contributed by atoms with Crippen molar-refractivity contribution in [1.82, 2.24) is 10.2 Å². The number of rotatable bonds is 6. The molecule has 17 heavy (non-hydrogen) atoms. The van der Waals surface area contributed by atoms with Crippen LogP contribution >= 0.6 is 0 Å². The smallest absolute Gasteiger partial charge is 0.239 e. The van der Waals surface area contributed by atoms with Crippen LogP contribution in [0.1, 0.15) is 33.1 Å². The van der Waals surface area contributed by atoms with E-state index < -0.39 is 0 Å². The molecule has 1 aliphatic rings. The zero-order valence-electron chi connectivity index (χ0n) is 10.7. The van der Waals surface area contributed by atoms with E-state index in [0.29, 0.717) is 13.1 Å². The van der Waals surface area contributed by atoms with Crippen molar-refractivity contribution in [2.75, 3.05) is 26.2 Å². The summed E-state index contributed by atoms with van der Waals surface area (Å²) in [6.45, 7) is 5.56. The first-order valence-electron chi connectivity index (χ1n) is 6.27. The van der Waals surface area contributed by atoms with Crippen LogP contribution in [-0.4, -0.2) is 49.1 Å². The van der Waals surface area contributed by atoms with Crippen molar-refractivity contribution in [2.24, 2.45) is 0 Å². The van der Waals surface area contributed by atoms with Crippen molar-refractivity contribution in [2.45, 2.75) is 39.2 Å². The number of nitrogens with zero attached hydrogens (tertiary/aromatic N) is 1. The quantitative estimate of drug-likeness (QED) is 0.739. The van der Waals surface area contributed by atoms with Crippen LogP contribution in [0.25, 0.3) is 0 Å². The van der Waals surface area contributed by atoms with Crippen LogP contribution in [0.3, 0.4) is 0 Å². The standard InChI is InChI=1S/C12H22N2O3/c1-3-6-13-12(16)9-14(10(2)15)8-11-5-4-7-17-11/h11H,3-9H2,1-2H3,(H,13,16). The van der Waals surface area contributed by atoms with E-state index in [-0.39, 0.29) is 24.5 Å². The molecule has 0 bridgehead atoms. The summed E-state index contributed by atoms with van der Waals surface area (Å²) >= 11 is 0. The van der Waals surface area contributed by atoms with Gasteiger partial charge >= 0.3 is 0 Å². The van der Waals surface area contributed by atoms with Crippen molar-refractivity contribution >= 4 is 11.8 Å². The molecule has 1 heterocycles.